The molecule has 4 aliphatic rings. The number of alkyl carbamates (subject to hydrolysis) is 1. The molecule has 16 nitrogen and oxygen atoms in total. The Hall–Kier alpha value is -3.86. The monoisotopic (exact) mass is 807 g/mol. The molecule has 16 heteroatoms. The van der Waals surface area contributed by atoms with E-state index in [1.165, 1.54) is 19.9 Å². The molecule has 1 amide bonds. The molecule has 0 aromatic rings. The van der Waals surface area contributed by atoms with Gasteiger partial charge in [-0.25, -0.2) is 9.59 Å². The number of ketones is 1. The highest BCUT2D eigenvalue weighted by Crippen LogP contribution is 2.64. The number of fused-ring (bicyclic) bond motifs is 5. The standard InChI is InChI=1S/C41H61NO15/c1-19(2)14-24(42-36(50)57-37(8,9)10)30(47)35(49)54-25-17-41(51)34(55-28(46)15-20(3)4)32-39(13,26(45)16-27-40(32,18-52-27)56-23(7)44)33(48)31(53-22(6)43)29(21(25)5)38(41,11)12/h14,20,24-27,30-32,34,45,47,51H,15-18H2,1-13H3,(H,42,50)/t24-,25-,26-,27+,30+,31+,32?,34?,39+,40-,41+/m0/s1. The third-order valence-corrected chi connectivity index (χ3v) is 11.8. The molecule has 2 unspecified atom stereocenters. The van der Waals surface area contributed by atoms with Gasteiger partial charge in [0, 0.05) is 38.5 Å². The lowest BCUT2D eigenvalue weighted by Crippen LogP contribution is -2.82. The Morgan fingerprint density at radius 3 is 2.11 bits per heavy atom. The van der Waals surface area contributed by atoms with Gasteiger partial charge in [-0.05, 0) is 65.5 Å². The third kappa shape index (κ3) is 8.51. The van der Waals surface area contributed by atoms with Gasteiger partial charge >= 0.3 is 30.0 Å². The molecule has 57 heavy (non-hydrogen) atoms. The van der Waals surface area contributed by atoms with Crippen molar-refractivity contribution in [1.29, 1.82) is 0 Å². The second-order valence-corrected chi connectivity index (χ2v) is 18.4. The zero-order valence-corrected chi connectivity index (χ0v) is 35.3. The minimum atomic E-state index is -2.33. The fourth-order valence-corrected chi connectivity index (χ4v) is 9.15. The summed E-state index contributed by atoms with van der Waals surface area (Å²) in [5.41, 5.74) is -7.74. The zero-order chi connectivity index (χ0) is 43.4. The third-order valence-electron chi connectivity index (χ3n) is 11.8. The number of aliphatic hydroxyl groups is 3. The highest BCUT2D eigenvalue weighted by Gasteiger charge is 2.78. The molecule has 4 N–H and O–H groups in total. The van der Waals surface area contributed by atoms with E-state index in [-0.39, 0.29) is 36.5 Å². The molecule has 11 atom stereocenters. The molecule has 2 saturated carbocycles. The van der Waals surface area contributed by atoms with Gasteiger partial charge in [0.15, 0.2) is 23.6 Å². The number of hydrogen-bond acceptors (Lipinski definition) is 15. The van der Waals surface area contributed by atoms with Gasteiger partial charge in [-0.3, -0.25) is 19.2 Å². The first-order valence-electron chi connectivity index (χ1n) is 19.4. The van der Waals surface area contributed by atoms with Crippen molar-refractivity contribution in [2.45, 2.75) is 169 Å². The van der Waals surface area contributed by atoms with E-state index in [1.54, 1.807) is 62.3 Å². The Labute approximate surface area is 334 Å². The SMILES string of the molecule is CC(=O)O[C@H]1C(=O)[C@@]2(C)C(C(OC(=O)CC(C)C)[C@]3(O)C[C@H](OC(=O)[C@H](O)[C@H](C=C(C)C)NC(=O)OC(C)(C)C)C(C)=C1C3(C)C)[C@]1(OC(C)=O)CO[C@@H]1C[C@@H]2O. The van der Waals surface area contributed by atoms with Crippen LogP contribution in [0, 0.1) is 22.7 Å². The maximum Gasteiger partial charge on any atom is 0.408 e. The molecule has 1 aliphatic heterocycles. The summed E-state index contributed by atoms with van der Waals surface area (Å²) in [4.78, 5) is 81.5. The molecule has 1 saturated heterocycles. The van der Waals surface area contributed by atoms with Crippen LogP contribution in [0.25, 0.3) is 0 Å². The fourth-order valence-electron chi connectivity index (χ4n) is 9.15. The van der Waals surface area contributed by atoms with Crippen molar-refractivity contribution in [2.24, 2.45) is 22.7 Å². The predicted octanol–water partition coefficient (Wildman–Crippen LogP) is 3.16. The summed E-state index contributed by atoms with van der Waals surface area (Å²) in [6, 6.07) is -1.33. The molecule has 0 aromatic carbocycles. The van der Waals surface area contributed by atoms with E-state index in [2.05, 4.69) is 5.32 Å². The molecule has 0 aromatic heterocycles. The molecular weight excluding hydrogens is 746 g/mol. The molecule has 320 valence electrons. The van der Waals surface area contributed by atoms with E-state index in [0.717, 1.165) is 13.8 Å². The molecule has 4 rings (SSSR count). The normalized spacial score (nSPS) is 34.1. The smallest absolute Gasteiger partial charge is 0.408 e. The molecule has 0 radical (unpaired) electrons. The van der Waals surface area contributed by atoms with Gasteiger partial charge in [-0.2, -0.15) is 0 Å². The summed E-state index contributed by atoms with van der Waals surface area (Å²) in [6.07, 6.45) is -9.82. The number of esters is 4. The summed E-state index contributed by atoms with van der Waals surface area (Å²) in [5, 5.41) is 39.3. The van der Waals surface area contributed by atoms with Gasteiger partial charge < -0.3 is 49.1 Å². The van der Waals surface area contributed by atoms with Crippen molar-refractivity contribution in [3.8, 4) is 0 Å². The minimum absolute atomic E-state index is 0.0155. The lowest BCUT2D eigenvalue weighted by atomic mass is 9.44. The number of ether oxygens (including phenoxy) is 6. The van der Waals surface area contributed by atoms with Gasteiger partial charge in [0.25, 0.3) is 0 Å². The lowest BCUT2D eigenvalue weighted by molar-refractivity contribution is -0.347. The summed E-state index contributed by atoms with van der Waals surface area (Å²) < 4.78 is 35.2. The first-order valence-corrected chi connectivity index (χ1v) is 19.4. The van der Waals surface area contributed by atoms with Crippen LogP contribution in [0.4, 0.5) is 4.79 Å². The number of carbonyl (C=O) groups is 6. The predicted molar refractivity (Wildman–Crippen MR) is 201 cm³/mol. The minimum Gasteiger partial charge on any atom is -0.459 e. The van der Waals surface area contributed by atoms with Crippen molar-refractivity contribution >= 4 is 35.8 Å². The van der Waals surface area contributed by atoms with E-state index >= 15 is 4.79 Å². The molecule has 3 aliphatic carbocycles. The Balaban J connectivity index is 1.97. The van der Waals surface area contributed by atoms with Crippen LogP contribution in [0.3, 0.4) is 0 Å². The number of Topliss-reactive ketones (excluding diaryl/α,β-unsaturated/α-hetero) is 1. The van der Waals surface area contributed by atoms with Crippen LogP contribution >= 0.6 is 0 Å². The summed E-state index contributed by atoms with van der Waals surface area (Å²) >= 11 is 0. The number of hydrogen-bond donors (Lipinski definition) is 4. The van der Waals surface area contributed by atoms with Crippen LogP contribution in [0.5, 0.6) is 0 Å². The van der Waals surface area contributed by atoms with Crippen LogP contribution < -0.4 is 5.32 Å². The average molecular weight is 808 g/mol. The van der Waals surface area contributed by atoms with Gasteiger partial charge in [0.1, 0.15) is 29.5 Å². The number of aliphatic hydroxyl groups excluding tert-OH is 2. The van der Waals surface area contributed by atoms with Crippen LogP contribution in [0.1, 0.15) is 109 Å². The lowest BCUT2D eigenvalue weighted by Gasteiger charge is -2.67. The van der Waals surface area contributed by atoms with Crippen LogP contribution in [-0.2, 0) is 52.4 Å². The second kappa shape index (κ2) is 16.1. The summed E-state index contributed by atoms with van der Waals surface area (Å²) in [6.45, 7) is 19.9. The summed E-state index contributed by atoms with van der Waals surface area (Å²) in [5.74, 6) is -6.19. The van der Waals surface area contributed by atoms with Gasteiger partial charge in [0.2, 0.25) is 0 Å². The average Bonchev–Trinajstić information content (AvgIpc) is 3.03. The quantitative estimate of drug-likeness (QED) is 0.141. The van der Waals surface area contributed by atoms with E-state index in [4.69, 9.17) is 28.4 Å². The van der Waals surface area contributed by atoms with E-state index < -0.39 is 118 Å². The number of amides is 1. The maximum absolute atomic E-state index is 15.3. The van der Waals surface area contributed by atoms with Crippen molar-refractivity contribution in [3.05, 3.63) is 22.8 Å². The Kier molecular flexibility index (Phi) is 12.9. The summed E-state index contributed by atoms with van der Waals surface area (Å²) in [7, 11) is 0. The highest BCUT2D eigenvalue weighted by atomic mass is 16.6. The number of rotatable bonds is 10. The van der Waals surface area contributed by atoms with E-state index in [0.29, 0.717) is 5.57 Å². The van der Waals surface area contributed by atoms with Crippen LogP contribution in [-0.4, -0.2) is 117 Å². The van der Waals surface area contributed by atoms with Crippen molar-refractivity contribution in [1.82, 2.24) is 5.32 Å². The van der Waals surface area contributed by atoms with Crippen molar-refractivity contribution in [2.75, 3.05) is 6.61 Å². The molecule has 3 fully saturated rings. The molecular formula is C41H61NO15. The Morgan fingerprint density at radius 2 is 1.61 bits per heavy atom. The van der Waals surface area contributed by atoms with E-state index in [9.17, 15) is 39.3 Å². The first-order chi connectivity index (χ1) is 26.0. The topological polar surface area (TPSA) is 231 Å². The molecule has 1 heterocycles. The largest absolute Gasteiger partial charge is 0.459 e. The highest BCUT2D eigenvalue weighted by molar-refractivity contribution is 5.95. The molecule has 0 spiro atoms. The number of nitrogens with one attached hydrogen (secondary N) is 1. The van der Waals surface area contributed by atoms with E-state index in [1.807, 2.05) is 0 Å². The van der Waals surface area contributed by atoms with Gasteiger partial charge in [-0.1, -0.05) is 39.3 Å². The molecule has 2 bridgehead atoms. The number of allylic oxidation sites excluding steroid dienone is 1. The second-order valence-electron chi connectivity index (χ2n) is 18.4. The number of carbonyl (C=O) groups excluding carboxylic acids is 6. The van der Waals surface area contributed by atoms with Crippen LogP contribution in [0.15, 0.2) is 22.8 Å². The Bertz CT molecular complexity index is 1700. The van der Waals surface area contributed by atoms with Crippen molar-refractivity contribution < 1.29 is 72.5 Å². The maximum atomic E-state index is 15.3. The Morgan fingerprint density at radius 1 is 1.00 bits per heavy atom. The zero-order valence-electron chi connectivity index (χ0n) is 35.3. The van der Waals surface area contributed by atoms with Crippen molar-refractivity contribution in [3.63, 3.8) is 0 Å². The first kappa shape index (κ1) is 45.8. The fraction of sp³-hybridized carbons (Fsp3) is 0.756. The van der Waals surface area contributed by atoms with Crippen LogP contribution in [0.2, 0.25) is 0 Å². The van der Waals surface area contributed by atoms with Gasteiger partial charge in [0.05, 0.1) is 30.1 Å². The van der Waals surface area contributed by atoms with Gasteiger partial charge in [-0.15, -0.1) is 0 Å².